The van der Waals surface area contributed by atoms with E-state index in [1.807, 2.05) is 17.0 Å². The first-order valence-corrected chi connectivity index (χ1v) is 9.51. The fourth-order valence-electron chi connectivity index (χ4n) is 4.13. The Morgan fingerprint density at radius 2 is 1.65 bits per heavy atom. The molecule has 2 aromatic rings. The summed E-state index contributed by atoms with van der Waals surface area (Å²) in [5, 5.41) is 0. The van der Waals surface area contributed by atoms with Crippen molar-refractivity contribution in [3.8, 4) is 0 Å². The van der Waals surface area contributed by atoms with E-state index in [4.69, 9.17) is 0 Å². The maximum atomic E-state index is 13.0. The van der Waals surface area contributed by atoms with E-state index in [1.54, 1.807) is 0 Å². The molecular weight excluding hydrogens is 327 g/mol. The Bertz CT molecular complexity index is 766. The molecule has 2 aliphatic rings. The van der Waals surface area contributed by atoms with Crippen LogP contribution in [0.2, 0.25) is 0 Å². The highest BCUT2D eigenvalue weighted by atomic mass is 19.1. The van der Waals surface area contributed by atoms with E-state index in [2.05, 4.69) is 29.2 Å². The Morgan fingerprint density at radius 1 is 0.962 bits per heavy atom. The molecule has 0 radical (unpaired) electrons. The second-order valence-corrected chi connectivity index (χ2v) is 7.46. The van der Waals surface area contributed by atoms with Crippen molar-refractivity contribution in [2.45, 2.75) is 32.4 Å². The lowest BCUT2D eigenvalue weighted by atomic mass is 9.93. The van der Waals surface area contributed by atoms with E-state index in [-0.39, 0.29) is 11.7 Å². The Balaban J connectivity index is 1.30. The van der Waals surface area contributed by atoms with Crippen LogP contribution in [0.15, 0.2) is 48.5 Å². The highest BCUT2D eigenvalue weighted by molar-refractivity contribution is 5.79. The van der Waals surface area contributed by atoms with Gasteiger partial charge in [0.1, 0.15) is 5.82 Å². The monoisotopic (exact) mass is 352 g/mol. The minimum Gasteiger partial charge on any atom is -0.338 e. The van der Waals surface area contributed by atoms with Gasteiger partial charge >= 0.3 is 0 Å². The van der Waals surface area contributed by atoms with Gasteiger partial charge in [-0.3, -0.25) is 9.69 Å². The van der Waals surface area contributed by atoms with Gasteiger partial charge in [0, 0.05) is 25.6 Å². The third-order valence-electron chi connectivity index (χ3n) is 5.70. The van der Waals surface area contributed by atoms with Gasteiger partial charge in [-0.25, -0.2) is 4.39 Å². The van der Waals surface area contributed by atoms with Crippen LogP contribution in [-0.4, -0.2) is 35.3 Å². The highest BCUT2D eigenvalue weighted by Crippen LogP contribution is 2.25. The van der Waals surface area contributed by atoms with Crippen molar-refractivity contribution >= 4 is 5.91 Å². The van der Waals surface area contributed by atoms with Gasteiger partial charge in [0.25, 0.3) is 0 Å². The number of piperidine rings is 1. The maximum absolute atomic E-state index is 13.0. The SMILES string of the molecule is O=C(C1CCN(Cc2ccc(F)cc2)CC1)N1CCc2ccccc2C1. The van der Waals surface area contributed by atoms with Gasteiger partial charge in [0.2, 0.25) is 5.91 Å². The summed E-state index contributed by atoms with van der Waals surface area (Å²) in [5.74, 6) is 0.270. The number of carbonyl (C=O) groups is 1. The standard InChI is InChI=1S/C22H25FN2O/c23-21-7-5-17(6-8-21)15-24-12-9-19(10-13-24)22(26)25-14-11-18-3-1-2-4-20(18)16-25/h1-8,19H,9-16H2. The lowest BCUT2D eigenvalue weighted by molar-refractivity contribution is -0.138. The molecule has 0 N–H and O–H groups in total. The van der Waals surface area contributed by atoms with Gasteiger partial charge in [-0.05, 0) is 61.2 Å². The van der Waals surface area contributed by atoms with Crippen molar-refractivity contribution in [2.75, 3.05) is 19.6 Å². The van der Waals surface area contributed by atoms with Crippen LogP contribution >= 0.6 is 0 Å². The summed E-state index contributed by atoms with van der Waals surface area (Å²) in [4.78, 5) is 17.3. The number of hydrogen-bond acceptors (Lipinski definition) is 2. The van der Waals surface area contributed by atoms with Gasteiger partial charge in [0.05, 0.1) is 0 Å². The molecular formula is C22H25FN2O. The second-order valence-electron chi connectivity index (χ2n) is 7.46. The molecule has 26 heavy (non-hydrogen) atoms. The van der Waals surface area contributed by atoms with Crippen molar-refractivity contribution in [1.29, 1.82) is 0 Å². The zero-order valence-electron chi connectivity index (χ0n) is 15.0. The smallest absolute Gasteiger partial charge is 0.226 e. The van der Waals surface area contributed by atoms with E-state index in [9.17, 15) is 9.18 Å². The van der Waals surface area contributed by atoms with Crippen molar-refractivity contribution in [3.63, 3.8) is 0 Å². The predicted octanol–water partition coefficient (Wildman–Crippen LogP) is 3.62. The van der Waals surface area contributed by atoms with Crippen LogP contribution in [0.5, 0.6) is 0 Å². The van der Waals surface area contributed by atoms with Crippen LogP contribution in [0.25, 0.3) is 0 Å². The molecule has 0 saturated carbocycles. The molecule has 3 nitrogen and oxygen atoms in total. The molecule has 1 amide bonds. The molecule has 0 atom stereocenters. The number of fused-ring (bicyclic) bond motifs is 1. The number of hydrogen-bond donors (Lipinski definition) is 0. The topological polar surface area (TPSA) is 23.6 Å². The highest BCUT2D eigenvalue weighted by Gasteiger charge is 2.30. The van der Waals surface area contributed by atoms with Crippen molar-refractivity contribution in [2.24, 2.45) is 5.92 Å². The number of nitrogens with zero attached hydrogens (tertiary/aromatic N) is 2. The summed E-state index contributed by atoms with van der Waals surface area (Å²) in [5.41, 5.74) is 3.80. The van der Waals surface area contributed by atoms with E-state index in [0.29, 0.717) is 5.91 Å². The van der Waals surface area contributed by atoms with Gasteiger partial charge < -0.3 is 4.90 Å². The fraction of sp³-hybridized carbons (Fsp3) is 0.409. The third kappa shape index (κ3) is 3.80. The molecule has 0 spiro atoms. The summed E-state index contributed by atoms with van der Waals surface area (Å²) < 4.78 is 13.0. The summed E-state index contributed by atoms with van der Waals surface area (Å²) in [6.07, 6.45) is 2.79. The molecule has 0 aliphatic carbocycles. The van der Waals surface area contributed by atoms with Crippen molar-refractivity contribution < 1.29 is 9.18 Å². The van der Waals surface area contributed by atoms with E-state index >= 15 is 0 Å². The first-order valence-electron chi connectivity index (χ1n) is 9.51. The number of amides is 1. The first kappa shape index (κ1) is 17.2. The van der Waals surface area contributed by atoms with E-state index < -0.39 is 0 Å². The number of halogens is 1. The molecule has 1 saturated heterocycles. The Labute approximate surface area is 154 Å². The summed E-state index contributed by atoms with van der Waals surface area (Å²) in [6, 6.07) is 15.2. The average molecular weight is 352 g/mol. The molecule has 2 aromatic carbocycles. The second kappa shape index (κ2) is 7.58. The van der Waals surface area contributed by atoms with Crippen LogP contribution in [-0.2, 0) is 24.3 Å². The molecule has 136 valence electrons. The Hall–Kier alpha value is -2.20. The predicted molar refractivity (Wildman–Crippen MR) is 100.0 cm³/mol. The zero-order valence-corrected chi connectivity index (χ0v) is 15.0. The number of benzene rings is 2. The van der Waals surface area contributed by atoms with E-state index in [1.165, 1.54) is 23.3 Å². The van der Waals surface area contributed by atoms with Crippen LogP contribution in [0.3, 0.4) is 0 Å². The largest absolute Gasteiger partial charge is 0.338 e. The van der Waals surface area contributed by atoms with Crippen LogP contribution in [0, 0.1) is 11.7 Å². The normalized spacial score (nSPS) is 18.6. The molecule has 0 aromatic heterocycles. The summed E-state index contributed by atoms with van der Waals surface area (Å²) in [7, 11) is 0. The lowest BCUT2D eigenvalue weighted by Gasteiger charge is -2.36. The average Bonchev–Trinajstić information content (AvgIpc) is 2.69. The molecule has 1 fully saturated rings. The Kier molecular flexibility index (Phi) is 5.02. The number of likely N-dealkylation sites (tertiary alicyclic amines) is 1. The molecule has 2 aliphatic heterocycles. The van der Waals surface area contributed by atoms with Crippen molar-refractivity contribution in [3.05, 3.63) is 71.0 Å². The number of carbonyl (C=O) groups excluding carboxylic acids is 1. The summed E-state index contributed by atoms with van der Waals surface area (Å²) in [6.45, 7) is 4.28. The first-order chi connectivity index (χ1) is 12.7. The minimum absolute atomic E-state index is 0.143. The molecule has 4 rings (SSSR count). The van der Waals surface area contributed by atoms with E-state index in [0.717, 1.165) is 57.5 Å². The van der Waals surface area contributed by atoms with Gasteiger partial charge in [-0.2, -0.15) is 0 Å². The molecule has 4 heteroatoms. The van der Waals surface area contributed by atoms with Crippen LogP contribution in [0.4, 0.5) is 4.39 Å². The van der Waals surface area contributed by atoms with Gasteiger partial charge in [-0.1, -0.05) is 36.4 Å². The van der Waals surface area contributed by atoms with Crippen molar-refractivity contribution in [1.82, 2.24) is 9.80 Å². The Morgan fingerprint density at radius 3 is 2.38 bits per heavy atom. The number of rotatable bonds is 3. The molecule has 0 bridgehead atoms. The third-order valence-corrected chi connectivity index (χ3v) is 5.70. The quantitative estimate of drug-likeness (QED) is 0.842. The lowest BCUT2D eigenvalue weighted by Crippen LogP contribution is -2.44. The van der Waals surface area contributed by atoms with Gasteiger partial charge in [0.15, 0.2) is 0 Å². The zero-order chi connectivity index (χ0) is 17.9. The minimum atomic E-state index is -0.193. The molecule has 0 unspecified atom stereocenters. The van der Waals surface area contributed by atoms with Crippen LogP contribution in [0.1, 0.15) is 29.5 Å². The van der Waals surface area contributed by atoms with Crippen LogP contribution < -0.4 is 0 Å². The van der Waals surface area contributed by atoms with Gasteiger partial charge in [-0.15, -0.1) is 0 Å². The maximum Gasteiger partial charge on any atom is 0.226 e. The summed E-state index contributed by atoms with van der Waals surface area (Å²) >= 11 is 0. The fourth-order valence-corrected chi connectivity index (χ4v) is 4.13. The molecule has 2 heterocycles.